The van der Waals surface area contributed by atoms with Crippen molar-refractivity contribution in [3.8, 4) is 0 Å². The summed E-state index contributed by atoms with van der Waals surface area (Å²) in [5.74, 6) is 1.16. The summed E-state index contributed by atoms with van der Waals surface area (Å²) in [7, 11) is 1.76. The van der Waals surface area contributed by atoms with Crippen LogP contribution in [-0.2, 0) is 9.47 Å². The van der Waals surface area contributed by atoms with Gasteiger partial charge in [-0.1, -0.05) is 30.3 Å². The van der Waals surface area contributed by atoms with Gasteiger partial charge in [-0.2, -0.15) is 0 Å². The monoisotopic (exact) mass is 404 g/mol. The Kier molecular flexibility index (Phi) is 9.25. The second-order valence-electron chi connectivity index (χ2n) is 8.27. The van der Waals surface area contributed by atoms with Crippen LogP contribution >= 0.6 is 0 Å². The number of ether oxygens (including phenoxy) is 2. The zero-order chi connectivity index (χ0) is 21.1. The Morgan fingerprint density at radius 2 is 1.90 bits per heavy atom. The molecule has 1 fully saturated rings. The lowest BCUT2D eigenvalue weighted by molar-refractivity contribution is -0.0265. The second-order valence-corrected chi connectivity index (χ2v) is 8.27. The van der Waals surface area contributed by atoms with Crippen LogP contribution in [-0.4, -0.2) is 50.9 Å². The molecule has 1 aliphatic heterocycles. The average Bonchev–Trinajstić information content (AvgIpc) is 2.69. The molecule has 162 valence electrons. The standard InChI is InChI=1S/C22H36N4O3/c1-22(2,3)29-21(27)25-14-9-13-24-20(23-4)26-16-18-12-8-15-28-19(18)17-10-6-5-7-11-17/h5-7,10-11,18-19H,8-9,12-16H2,1-4H3,(H,25,27)(H2,23,24,26). The SMILES string of the molecule is CN=C(NCCCNC(=O)OC(C)(C)C)NCC1CCCOC1c1ccccc1. The molecular weight excluding hydrogens is 368 g/mol. The van der Waals surface area contributed by atoms with E-state index in [4.69, 9.17) is 9.47 Å². The van der Waals surface area contributed by atoms with Crippen molar-refractivity contribution in [1.29, 1.82) is 0 Å². The van der Waals surface area contributed by atoms with Gasteiger partial charge in [0.25, 0.3) is 0 Å². The van der Waals surface area contributed by atoms with Crippen molar-refractivity contribution in [2.75, 3.05) is 33.3 Å². The third-order valence-corrected chi connectivity index (χ3v) is 4.64. The summed E-state index contributed by atoms with van der Waals surface area (Å²) in [6.07, 6.45) is 2.72. The van der Waals surface area contributed by atoms with Crippen LogP contribution in [0.4, 0.5) is 4.79 Å². The number of aliphatic imine (C=N–C) groups is 1. The molecule has 0 aromatic heterocycles. The lowest BCUT2D eigenvalue weighted by Crippen LogP contribution is -2.42. The van der Waals surface area contributed by atoms with E-state index in [-0.39, 0.29) is 12.2 Å². The Morgan fingerprint density at radius 3 is 2.59 bits per heavy atom. The van der Waals surface area contributed by atoms with E-state index >= 15 is 0 Å². The number of carbonyl (C=O) groups is 1. The summed E-state index contributed by atoms with van der Waals surface area (Å²) in [6, 6.07) is 10.4. The molecule has 0 bridgehead atoms. The van der Waals surface area contributed by atoms with Crippen LogP contribution in [0.5, 0.6) is 0 Å². The number of nitrogens with one attached hydrogen (secondary N) is 3. The van der Waals surface area contributed by atoms with Gasteiger partial charge < -0.3 is 25.4 Å². The minimum Gasteiger partial charge on any atom is -0.444 e. The zero-order valence-electron chi connectivity index (χ0n) is 18.2. The highest BCUT2D eigenvalue weighted by molar-refractivity contribution is 5.79. The van der Waals surface area contributed by atoms with Crippen molar-refractivity contribution >= 4 is 12.1 Å². The maximum absolute atomic E-state index is 11.6. The first-order valence-electron chi connectivity index (χ1n) is 10.5. The summed E-state index contributed by atoms with van der Waals surface area (Å²) in [5.41, 5.74) is 0.754. The molecule has 2 atom stereocenters. The molecule has 1 amide bonds. The lowest BCUT2D eigenvalue weighted by Gasteiger charge is -2.32. The van der Waals surface area contributed by atoms with Gasteiger partial charge >= 0.3 is 6.09 Å². The predicted molar refractivity (Wildman–Crippen MR) is 116 cm³/mol. The van der Waals surface area contributed by atoms with Crippen LogP contribution < -0.4 is 16.0 Å². The summed E-state index contributed by atoms with van der Waals surface area (Å²) >= 11 is 0. The minimum atomic E-state index is -0.477. The minimum absolute atomic E-state index is 0.119. The molecule has 2 rings (SSSR count). The summed E-state index contributed by atoms with van der Waals surface area (Å²) in [5, 5.41) is 9.47. The number of carbonyl (C=O) groups excluding carboxylic acids is 1. The average molecular weight is 405 g/mol. The molecule has 0 radical (unpaired) electrons. The molecule has 0 aliphatic carbocycles. The van der Waals surface area contributed by atoms with Crippen LogP contribution in [0.15, 0.2) is 35.3 Å². The van der Waals surface area contributed by atoms with Gasteiger partial charge in [-0.05, 0) is 45.6 Å². The van der Waals surface area contributed by atoms with Gasteiger partial charge in [0.15, 0.2) is 5.96 Å². The maximum atomic E-state index is 11.6. The van der Waals surface area contributed by atoms with E-state index in [1.165, 1.54) is 5.56 Å². The maximum Gasteiger partial charge on any atom is 0.407 e. The van der Waals surface area contributed by atoms with E-state index < -0.39 is 5.60 Å². The van der Waals surface area contributed by atoms with Gasteiger partial charge in [0.05, 0.1) is 6.10 Å². The quantitative estimate of drug-likeness (QED) is 0.369. The van der Waals surface area contributed by atoms with Gasteiger partial charge in [-0.25, -0.2) is 4.79 Å². The third kappa shape index (κ3) is 8.73. The molecule has 1 saturated heterocycles. The fourth-order valence-corrected chi connectivity index (χ4v) is 3.31. The fraction of sp³-hybridized carbons (Fsp3) is 0.636. The van der Waals surface area contributed by atoms with Crippen molar-refractivity contribution in [3.63, 3.8) is 0 Å². The number of nitrogens with zero attached hydrogens (tertiary/aromatic N) is 1. The predicted octanol–water partition coefficient (Wildman–Crippen LogP) is 3.23. The first kappa shape index (κ1) is 23.0. The van der Waals surface area contributed by atoms with Gasteiger partial charge in [0.1, 0.15) is 5.60 Å². The molecule has 1 aromatic carbocycles. The Labute approximate surface area is 174 Å². The molecule has 7 heteroatoms. The van der Waals surface area contributed by atoms with Crippen molar-refractivity contribution in [3.05, 3.63) is 35.9 Å². The molecule has 1 aliphatic rings. The van der Waals surface area contributed by atoms with Gasteiger partial charge in [-0.15, -0.1) is 0 Å². The molecular formula is C22H36N4O3. The lowest BCUT2D eigenvalue weighted by atomic mass is 9.89. The van der Waals surface area contributed by atoms with E-state index in [2.05, 4.69) is 45.2 Å². The van der Waals surface area contributed by atoms with Crippen LogP contribution in [0.1, 0.15) is 51.7 Å². The number of alkyl carbamates (subject to hydrolysis) is 1. The Hall–Kier alpha value is -2.28. The summed E-state index contributed by atoms with van der Waals surface area (Å²) < 4.78 is 11.3. The molecule has 2 unspecified atom stereocenters. The van der Waals surface area contributed by atoms with E-state index in [1.807, 2.05) is 26.8 Å². The third-order valence-electron chi connectivity index (χ3n) is 4.64. The summed E-state index contributed by atoms with van der Waals surface area (Å²) in [6.45, 7) is 8.42. The highest BCUT2D eigenvalue weighted by Gasteiger charge is 2.27. The largest absolute Gasteiger partial charge is 0.444 e. The van der Waals surface area contributed by atoms with Crippen LogP contribution in [0.3, 0.4) is 0 Å². The second kappa shape index (κ2) is 11.7. The molecule has 0 spiro atoms. The van der Waals surface area contributed by atoms with E-state index in [9.17, 15) is 4.79 Å². The van der Waals surface area contributed by atoms with Crippen LogP contribution in [0.25, 0.3) is 0 Å². The Morgan fingerprint density at radius 1 is 1.17 bits per heavy atom. The smallest absolute Gasteiger partial charge is 0.407 e. The van der Waals surface area contributed by atoms with Crippen molar-refractivity contribution in [1.82, 2.24) is 16.0 Å². The van der Waals surface area contributed by atoms with Crippen LogP contribution in [0.2, 0.25) is 0 Å². The summed E-state index contributed by atoms with van der Waals surface area (Å²) in [4.78, 5) is 15.9. The number of amides is 1. The molecule has 3 N–H and O–H groups in total. The topological polar surface area (TPSA) is 84.0 Å². The Bertz CT molecular complexity index is 643. The zero-order valence-corrected chi connectivity index (χ0v) is 18.2. The van der Waals surface area contributed by atoms with Crippen molar-refractivity contribution in [2.45, 2.75) is 51.7 Å². The number of benzene rings is 1. The molecule has 7 nitrogen and oxygen atoms in total. The first-order chi connectivity index (χ1) is 13.9. The molecule has 0 saturated carbocycles. The highest BCUT2D eigenvalue weighted by atomic mass is 16.6. The number of hydrogen-bond acceptors (Lipinski definition) is 4. The van der Waals surface area contributed by atoms with Crippen molar-refractivity contribution in [2.24, 2.45) is 10.9 Å². The van der Waals surface area contributed by atoms with Crippen LogP contribution in [0, 0.1) is 5.92 Å². The highest BCUT2D eigenvalue weighted by Crippen LogP contribution is 2.32. The number of hydrogen-bond donors (Lipinski definition) is 3. The van der Waals surface area contributed by atoms with Gasteiger partial charge in [0, 0.05) is 39.2 Å². The fourth-order valence-electron chi connectivity index (χ4n) is 3.31. The normalized spacial score (nSPS) is 20.1. The number of guanidine groups is 1. The van der Waals surface area contributed by atoms with E-state index in [1.54, 1.807) is 7.05 Å². The van der Waals surface area contributed by atoms with Gasteiger partial charge in [0.2, 0.25) is 0 Å². The molecule has 1 heterocycles. The van der Waals surface area contributed by atoms with Crippen molar-refractivity contribution < 1.29 is 14.3 Å². The first-order valence-corrected chi connectivity index (χ1v) is 10.5. The van der Waals surface area contributed by atoms with E-state index in [0.29, 0.717) is 19.0 Å². The van der Waals surface area contributed by atoms with Gasteiger partial charge in [-0.3, -0.25) is 4.99 Å². The molecule has 1 aromatic rings. The Balaban J connectivity index is 1.69. The molecule has 29 heavy (non-hydrogen) atoms. The number of rotatable bonds is 7. The van der Waals surface area contributed by atoms with E-state index in [0.717, 1.165) is 38.4 Å².